The fourth-order valence-corrected chi connectivity index (χ4v) is 4.39. The lowest BCUT2D eigenvalue weighted by molar-refractivity contribution is 0.308. The molecule has 7 nitrogen and oxygen atoms in total. The maximum atomic E-state index is 12.1. The molecule has 0 aliphatic rings. The van der Waals surface area contributed by atoms with Crippen molar-refractivity contribution in [1.82, 2.24) is 0 Å². The second kappa shape index (κ2) is 10.6. The van der Waals surface area contributed by atoms with Gasteiger partial charge in [-0.25, -0.2) is 8.42 Å². The maximum absolute atomic E-state index is 12.1. The number of sulfonamides is 1. The van der Waals surface area contributed by atoms with Gasteiger partial charge in [0.05, 0.1) is 26.2 Å². The summed E-state index contributed by atoms with van der Waals surface area (Å²) in [6, 6.07) is 25.4. The Hall–Kier alpha value is -4.17. The van der Waals surface area contributed by atoms with Crippen LogP contribution in [0.2, 0.25) is 0 Å². The van der Waals surface area contributed by atoms with Crippen LogP contribution < -0.4 is 18.9 Å². The van der Waals surface area contributed by atoms with Crippen molar-refractivity contribution < 1.29 is 27.7 Å². The summed E-state index contributed by atoms with van der Waals surface area (Å²) in [4.78, 5) is 0. The highest BCUT2D eigenvalue weighted by molar-refractivity contribution is 7.92. The van der Waals surface area contributed by atoms with Crippen LogP contribution in [0, 0.1) is 0 Å². The minimum Gasteiger partial charge on any atom is -0.508 e. The minimum absolute atomic E-state index is 0.168. The van der Waals surface area contributed by atoms with Gasteiger partial charge in [0.1, 0.15) is 29.6 Å². The Morgan fingerprint density at radius 1 is 0.750 bits per heavy atom. The Morgan fingerprint density at radius 2 is 1.33 bits per heavy atom. The zero-order valence-electron chi connectivity index (χ0n) is 20.2. The van der Waals surface area contributed by atoms with Gasteiger partial charge in [0, 0.05) is 11.1 Å². The lowest BCUT2D eigenvalue weighted by atomic mass is 9.97. The zero-order valence-corrected chi connectivity index (χ0v) is 21.0. The summed E-state index contributed by atoms with van der Waals surface area (Å²) in [5, 5.41) is 9.64. The Balaban J connectivity index is 1.76. The van der Waals surface area contributed by atoms with Crippen LogP contribution in [0.3, 0.4) is 0 Å². The molecule has 2 N–H and O–H groups in total. The molecular weight excluding hydrogens is 478 g/mol. The number of ether oxygens (including phenoxy) is 3. The molecular formula is C28H27NO6S. The number of rotatable bonds is 9. The summed E-state index contributed by atoms with van der Waals surface area (Å²) in [6.07, 6.45) is 1.09. The largest absolute Gasteiger partial charge is 0.508 e. The van der Waals surface area contributed by atoms with Crippen molar-refractivity contribution in [2.24, 2.45) is 0 Å². The first-order chi connectivity index (χ1) is 17.3. The molecule has 0 saturated carbocycles. The van der Waals surface area contributed by atoms with Gasteiger partial charge in [-0.15, -0.1) is 0 Å². The van der Waals surface area contributed by atoms with Gasteiger partial charge < -0.3 is 19.3 Å². The van der Waals surface area contributed by atoms with Crippen molar-refractivity contribution in [2.45, 2.75) is 6.61 Å². The lowest BCUT2D eigenvalue weighted by Crippen LogP contribution is -2.11. The second-order valence-corrected chi connectivity index (χ2v) is 9.91. The highest BCUT2D eigenvalue weighted by Crippen LogP contribution is 2.42. The minimum atomic E-state index is -3.56. The molecule has 0 atom stereocenters. The van der Waals surface area contributed by atoms with Crippen LogP contribution in [0.1, 0.15) is 5.56 Å². The third-order valence-electron chi connectivity index (χ3n) is 5.52. The summed E-state index contributed by atoms with van der Waals surface area (Å²) < 4.78 is 44.0. The zero-order chi connectivity index (χ0) is 25.7. The molecule has 8 heteroatoms. The molecule has 0 bridgehead atoms. The molecule has 4 rings (SSSR count). The van der Waals surface area contributed by atoms with Crippen LogP contribution in [-0.4, -0.2) is 34.0 Å². The molecule has 0 amide bonds. The van der Waals surface area contributed by atoms with Crippen molar-refractivity contribution in [3.8, 4) is 45.3 Å². The van der Waals surface area contributed by atoms with E-state index in [0.29, 0.717) is 34.1 Å². The summed E-state index contributed by atoms with van der Waals surface area (Å²) in [7, 11) is -0.418. The predicted octanol–water partition coefficient (Wildman–Crippen LogP) is 5.69. The molecule has 0 heterocycles. The van der Waals surface area contributed by atoms with Gasteiger partial charge in [-0.05, 0) is 53.1 Å². The van der Waals surface area contributed by atoms with E-state index in [9.17, 15) is 13.5 Å². The van der Waals surface area contributed by atoms with Crippen molar-refractivity contribution >= 4 is 15.7 Å². The van der Waals surface area contributed by atoms with Gasteiger partial charge in [0.15, 0.2) is 0 Å². The number of phenolic OH excluding ortho intramolecular Hbond substituents is 1. The fourth-order valence-electron chi connectivity index (χ4n) is 3.83. The predicted molar refractivity (Wildman–Crippen MR) is 141 cm³/mol. The molecule has 4 aromatic carbocycles. The fraction of sp³-hybridized carbons (Fsp3) is 0.143. The van der Waals surface area contributed by atoms with Crippen LogP contribution in [-0.2, 0) is 16.6 Å². The van der Waals surface area contributed by atoms with E-state index in [4.69, 9.17) is 14.2 Å². The van der Waals surface area contributed by atoms with Gasteiger partial charge in [0.25, 0.3) is 0 Å². The molecule has 0 unspecified atom stereocenters. The van der Waals surface area contributed by atoms with Gasteiger partial charge in [0.2, 0.25) is 10.0 Å². The molecule has 0 aliphatic heterocycles. The average Bonchev–Trinajstić information content (AvgIpc) is 2.87. The Labute approximate surface area is 211 Å². The molecule has 0 aromatic heterocycles. The topological polar surface area (TPSA) is 94.1 Å². The smallest absolute Gasteiger partial charge is 0.229 e. The van der Waals surface area contributed by atoms with Gasteiger partial charge >= 0.3 is 0 Å². The van der Waals surface area contributed by atoms with Gasteiger partial charge in [-0.1, -0.05) is 48.5 Å². The number of methoxy groups -OCH3 is 2. The van der Waals surface area contributed by atoms with E-state index >= 15 is 0 Å². The monoisotopic (exact) mass is 505 g/mol. The van der Waals surface area contributed by atoms with E-state index in [1.165, 1.54) is 0 Å². The summed E-state index contributed by atoms with van der Waals surface area (Å²) in [6.45, 7) is 0.289. The number of phenols is 1. The molecule has 0 spiro atoms. The summed E-state index contributed by atoms with van der Waals surface area (Å²) in [5.74, 6) is 1.74. The summed E-state index contributed by atoms with van der Waals surface area (Å²) in [5.41, 5.74) is 4.33. The first-order valence-corrected chi connectivity index (χ1v) is 13.0. The number of hydrogen-bond donors (Lipinski definition) is 2. The Morgan fingerprint density at radius 3 is 1.92 bits per heavy atom. The van der Waals surface area contributed by atoms with E-state index in [1.807, 2.05) is 48.5 Å². The van der Waals surface area contributed by atoms with E-state index in [-0.39, 0.29) is 12.4 Å². The Kier molecular flexibility index (Phi) is 7.36. The Bertz CT molecular complexity index is 1450. The van der Waals surface area contributed by atoms with E-state index < -0.39 is 10.0 Å². The van der Waals surface area contributed by atoms with Crippen LogP contribution in [0.25, 0.3) is 22.3 Å². The van der Waals surface area contributed by atoms with Crippen LogP contribution in [0.15, 0.2) is 84.9 Å². The normalized spacial score (nSPS) is 11.1. The number of anilines is 1. The first kappa shape index (κ1) is 24.9. The molecule has 0 fully saturated rings. The van der Waals surface area contributed by atoms with Gasteiger partial charge in [-0.2, -0.15) is 0 Å². The number of hydrogen-bond acceptors (Lipinski definition) is 6. The molecule has 0 aliphatic carbocycles. The molecule has 186 valence electrons. The third kappa shape index (κ3) is 5.90. The van der Waals surface area contributed by atoms with E-state index in [2.05, 4.69) is 4.72 Å². The van der Waals surface area contributed by atoms with E-state index in [0.717, 1.165) is 22.9 Å². The number of aromatic hydroxyl groups is 1. The molecule has 0 radical (unpaired) electrons. The van der Waals surface area contributed by atoms with Crippen molar-refractivity contribution in [3.05, 3.63) is 90.5 Å². The average molecular weight is 506 g/mol. The second-order valence-electron chi connectivity index (χ2n) is 8.16. The molecule has 4 aromatic rings. The molecule has 36 heavy (non-hydrogen) atoms. The standard InChI is InChI=1S/C28H27NO6S/c1-33-27-17-24(28(34-2)16-23(27)20-9-12-22(30)13-10-20)21-11-14-26(25(15-21)29-36(3,31)32)35-18-19-7-5-4-6-8-19/h4-17,29-30H,18H2,1-3H3. The van der Waals surface area contributed by atoms with Crippen LogP contribution in [0.4, 0.5) is 5.69 Å². The molecule has 0 saturated heterocycles. The van der Waals surface area contributed by atoms with Crippen molar-refractivity contribution in [3.63, 3.8) is 0 Å². The first-order valence-electron chi connectivity index (χ1n) is 11.1. The number of benzene rings is 4. The van der Waals surface area contributed by atoms with E-state index in [1.54, 1.807) is 50.6 Å². The van der Waals surface area contributed by atoms with Crippen LogP contribution >= 0.6 is 0 Å². The number of nitrogens with one attached hydrogen (secondary N) is 1. The third-order valence-corrected chi connectivity index (χ3v) is 6.11. The SMILES string of the molecule is COc1cc(-c2ccc(OCc3ccccc3)c(NS(C)(=O)=O)c2)c(OC)cc1-c1ccc(O)cc1. The highest BCUT2D eigenvalue weighted by atomic mass is 32.2. The quantitative estimate of drug-likeness (QED) is 0.303. The maximum Gasteiger partial charge on any atom is 0.229 e. The van der Waals surface area contributed by atoms with Gasteiger partial charge in [-0.3, -0.25) is 4.72 Å². The van der Waals surface area contributed by atoms with Crippen LogP contribution in [0.5, 0.6) is 23.0 Å². The highest BCUT2D eigenvalue weighted by Gasteiger charge is 2.17. The van der Waals surface area contributed by atoms with Crippen molar-refractivity contribution in [1.29, 1.82) is 0 Å². The van der Waals surface area contributed by atoms with Crippen molar-refractivity contribution in [2.75, 3.05) is 25.2 Å². The summed E-state index contributed by atoms with van der Waals surface area (Å²) >= 11 is 0. The lowest BCUT2D eigenvalue weighted by Gasteiger charge is -2.18.